The molecule has 160 valence electrons. The molecule has 2 atom stereocenters. The van der Waals surface area contributed by atoms with Crippen LogP contribution in [0.5, 0.6) is 0 Å². The van der Waals surface area contributed by atoms with Gasteiger partial charge in [-0.2, -0.15) is 0 Å². The van der Waals surface area contributed by atoms with E-state index in [1.807, 2.05) is 30.3 Å². The van der Waals surface area contributed by atoms with Crippen LogP contribution >= 0.6 is 0 Å². The Kier molecular flexibility index (Phi) is 8.64. The number of hydrogen-bond acceptors (Lipinski definition) is 6. The third kappa shape index (κ3) is 8.64. The van der Waals surface area contributed by atoms with Gasteiger partial charge in [0, 0.05) is 12.5 Å². The molecule has 1 saturated carbocycles. The number of amides is 1. The number of ketones is 1. The second kappa shape index (κ2) is 11.0. The smallest absolute Gasteiger partial charge is 0.408 e. The van der Waals surface area contributed by atoms with E-state index in [4.69, 9.17) is 14.2 Å². The summed E-state index contributed by atoms with van der Waals surface area (Å²) in [5, 5.41) is 2.35. The van der Waals surface area contributed by atoms with Crippen LogP contribution in [0.25, 0.3) is 0 Å². The number of hydrogen-bond donors (Lipinski definition) is 1. The van der Waals surface area contributed by atoms with Gasteiger partial charge in [-0.1, -0.05) is 30.3 Å². The van der Waals surface area contributed by atoms with Gasteiger partial charge in [-0.25, -0.2) is 4.79 Å². The highest BCUT2D eigenvalue weighted by Crippen LogP contribution is 2.26. The monoisotopic (exact) mass is 405 g/mol. The number of carbonyl (C=O) groups is 3. The number of carbonyl (C=O) groups excluding carboxylic acids is 3. The van der Waals surface area contributed by atoms with Crippen molar-refractivity contribution in [2.45, 2.75) is 64.8 Å². The van der Waals surface area contributed by atoms with Crippen molar-refractivity contribution in [3.05, 3.63) is 35.9 Å². The normalized spacial score (nSPS) is 19.5. The molecule has 1 amide bonds. The van der Waals surface area contributed by atoms with E-state index in [0.717, 1.165) is 18.4 Å². The van der Waals surface area contributed by atoms with Crippen LogP contribution in [0.1, 0.15) is 52.0 Å². The Bertz CT molecular complexity index is 682. The van der Waals surface area contributed by atoms with Crippen molar-refractivity contribution in [3.8, 4) is 0 Å². The Labute approximate surface area is 172 Å². The molecule has 1 aromatic carbocycles. The summed E-state index contributed by atoms with van der Waals surface area (Å²) >= 11 is 0. The van der Waals surface area contributed by atoms with Crippen molar-refractivity contribution >= 4 is 17.8 Å². The number of nitrogens with one attached hydrogen (secondary N) is 1. The Hall–Kier alpha value is -2.41. The molecule has 1 aliphatic rings. The van der Waals surface area contributed by atoms with Gasteiger partial charge < -0.3 is 19.5 Å². The molecular formula is C22H31NO6. The lowest BCUT2D eigenvalue weighted by Crippen LogP contribution is -2.40. The van der Waals surface area contributed by atoms with Gasteiger partial charge in [0.15, 0.2) is 11.9 Å². The molecule has 7 nitrogen and oxygen atoms in total. The minimum absolute atomic E-state index is 0.0646. The van der Waals surface area contributed by atoms with Gasteiger partial charge >= 0.3 is 12.1 Å². The summed E-state index contributed by atoms with van der Waals surface area (Å²) in [6.45, 7) is 5.85. The fourth-order valence-corrected chi connectivity index (χ4v) is 3.15. The number of ether oxygens (including phenoxy) is 3. The van der Waals surface area contributed by atoms with E-state index in [1.165, 1.54) is 0 Å². The summed E-state index contributed by atoms with van der Waals surface area (Å²) < 4.78 is 16.0. The Morgan fingerprint density at radius 3 is 2.55 bits per heavy atom. The van der Waals surface area contributed by atoms with Crippen LogP contribution in [0.4, 0.5) is 4.79 Å². The lowest BCUT2D eigenvalue weighted by molar-refractivity contribution is -0.158. The predicted octanol–water partition coefficient (Wildman–Crippen LogP) is 3.40. The molecule has 1 aromatic rings. The van der Waals surface area contributed by atoms with Gasteiger partial charge in [0.05, 0.1) is 6.61 Å². The molecular weight excluding hydrogens is 374 g/mol. The first-order valence-electron chi connectivity index (χ1n) is 10.1. The van der Waals surface area contributed by atoms with Crippen LogP contribution in [-0.2, 0) is 30.4 Å². The standard InChI is InChI=1S/C22H31NO6/c1-22(2,3)29-21(26)23-14-19(24)28-18-11-7-10-17(20(18)25)12-13-27-15-16-8-5-4-6-9-16/h4-6,8-9,17-18H,7,10-15H2,1-3H3,(H,23,26)/t17?,18-/m0/s1. The number of benzene rings is 1. The van der Waals surface area contributed by atoms with Crippen molar-refractivity contribution in [2.75, 3.05) is 13.2 Å². The van der Waals surface area contributed by atoms with Crippen molar-refractivity contribution in [1.29, 1.82) is 0 Å². The largest absolute Gasteiger partial charge is 0.453 e. The van der Waals surface area contributed by atoms with E-state index in [2.05, 4.69) is 5.32 Å². The van der Waals surface area contributed by atoms with Crippen LogP contribution in [-0.4, -0.2) is 42.7 Å². The van der Waals surface area contributed by atoms with E-state index in [-0.39, 0.29) is 18.2 Å². The van der Waals surface area contributed by atoms with Gasteiger partial charge in [0.2, 0.25) is 0 Å². The average molecular weight is 405 g/mol. The molecule has 0 radical (unpaired) electrons. The number of rotatable bonds is 8. The predicted molar refractivity (Wildman–Crippen MR) is 107 cm³/mol. The highest BCUT2D eigenvalue weighted by Gasteiger charge is 2.33. The van der Waals surface area contributed by atoms with E-state index in [9.17, 15) is 14.4 Å². The SMILES string of the molecule is CC(C)(C)OC(=O)NCC(=O)O[C@H]1CCCC(CCOCc2ccccc2)C1=O. The maximum absolute atomic E-state index is 12.6. The summed E-state index contributed by atoms with van der Waals surface area (Å²) in [5.41, 5.74) is 0.440. The molecule has 0 saturated heterocycles. The zero-order chi connectivity index (χ0) is 21.3. The summed E-state index contributed by atoms with van der Waals surface area (Å²) in [7, 11) is 0. The van der Waals surface area contributed by atoms with Crippen molar-refractivity contribution < 1.29 is 28.6 Å². The molecule has 1 N–H and O–H groups in total. The highest BCUT2D eigenvalue weighted by molar-refractivity contribution is 5.88. The molecule has 1 unspecified atom stereocenters. The fraction of sp³-hybridized carbons (Fsp3) is 0.591. The number of Topliss-reactive ketones (excluding diaryl/α,β-unsaturated/α-hetero) is 1. The van der Waals surface area contributed by atoms with Gasteiger partial charge in [-0.05, 0) is 52.0 Å². The average Bonchev–Trinajstić information content (AvgIpc) is 2.66. The van der Waals surface area contributed by atoms with Gasteiger partial charge in [-0.15, -0.1) is 0 Å². The fourth-order valence-electron chi connectivity index (χ4n) is 3.15. The first kappa shape index (κ1) is 22.9. The molecule has 0 bridgehead atoms. The molecule has 2 rings (SSSR count). The number of esters is 1. The van der Waals surface area contributed by atoms with Crippen LogP contribution in [0.15, 0.2) is 30.3 Å². The van der Waals surface area contributed by atoms with Gasteiger partial charge in [0.25, 0.3) is 0 Å². The van der Waals surface area contributed by atoms with E-state index in [1.54, 1.807) is 20.8 Å². The summed E-state index contributed by atoms with van der Waals surface area (Å²) in [5.74, 6) is -0.878. The molecule has 7 heteroatoms. The molecule has 0 aromatic heterocycles. The van der Waals surface area contributed by atoms with E-state index in [0.29, 0.717) is 26.1 Å². The molecule has 0 aliphatic heterocycles. The molecule has 29 heavy (non-hydrogen) atoms. The lowest BCUT2D eigenvalue weighted by atomic mass is 9.84. The van der Waals surface area contributed by atoms with Crippen molar-refractivity contribution in [2.24, 2.45) is 5.92 Å². The topological polar surface area (TPSA) is 90.9 Å². The van der Waals surface area contributed by atoms with Crippen LogP contribution < -0.4 is 5.32 Å². The first-order valence-corrected chi connectivity index (χ1v) is 10.1. The second-order valence-corrected chi connectivity index (χ2v) is 8.19. The third-order valence-electron chi connectivity index (χ3n) is 4.51. The molecule has 0 spiro atoms. The van der Waals surface area contributed by atoms with Crippen molar-refractivity contribution in [1.82, 2.24) is 5.32 Å². The van der Waals surface area contributed by atoms with Crippen LogP contribution in [0.3, 0.4) is 0 Å². The molecule has 0 heterocycles. The minimum atomic E-state index is -0.754. The maximum Gasteiger partial charge on any atom is 0.408 e. The Morgan fingerprint density at radius 1 is 1.14 bits per heavy atom. The van der Waals surface area contributed by atoms with Crippen LogP contribution in [0, 0.1) is 5.92 Å². The molecule has 1 aliphatic carbocycles. The minimum Gasteiger partial charge on any atom is -0.453 e. The maximum atomic E-state index is 12.6. The van der Waals surface area contributed by atoms with Crippen molar-refractivity contribution in [3.63, 3.8) is 0 Å². The van der Waals surface area contributed by atoms with E-state index >= 15 is 0 Å². The third-order valence-corrected chi connectivity index (χ3v) is 4.51. The summed E-state index contributed by atoms with van der Waals surface area (Å²) in [6, 6.07) is 9.85. The van der Waals surface area contributed by atoms with Crippen LogP contribution in [0.2, 0.25) is 0 Å². The quantitative estimate of drug-likeness (QED) is 0.527. The van der Waals surface area contributed by atoms with E-state index < -0.39 is 23.8 Å². The second-order valence-electron chi connectivity index (χ2n) is 8.19. The van der Waals surface area contributed by atoms with Gasteiger partial charge in [0.1, 0.15) is 12.1 Å². The summed E-state index contributed by atoms with van der Waals surface area (Å²) in [6.07, 6.45) is 1.26. The highest BCUT2D eigenvalue weighted by atomic mass is 16.6. The zero-order valence-corrected chi connectivity index (χ0v) is 17.4. The number of alkyl carbamates (subject to hydrolysis) is 1. The Balaban J connectivity index is 1.69. The van der Waals surface area contributed by atoms with Gasteiger partial charge in [-0.3, -0.25) is 9.59 Å². The first-order chi connectivity index (χ1) is 13.7. The Morgan fingerprint density at radius 2 is 1.86 bits per heavy atom. The zero-order valence-electron chi connectivity index (χ0n) is 17.4. The lowest BCUT2D eigenvalue weighted by Gasteiger charge is -2.27. The molecule has 1 fully saturated rings. The summed E-state index contributed by atoms with van der Waals surface area (Å²) in [4.78, 5) is 36.2.